The molecule has 2 aromatic carbocycles. The second-order valence-corrected chi connectivity index (χ2v) is 11.8. The van der Waals surface area contributed by atoms with Gasteiger partial charge >= 0.3 is 0 Å². The number of rotatable bonds is 5. The zero-order valence-electron chi connectivity index (χ0n) is 13.9. The molecule has 1 heterocycles. The van der Waals surface area contributed by atoms with E-state index in [0.717, 1.165) is 24.4 Å². The van der Waals surface area contributed by atoms with Crippen molar-refractivity contribution >= 4 is 19.0 Å². The van der Waals surface area contributed by atoms with Crippen LogP contribution in [0.2, 0.25) is 19.1 Å². The first-order chi connectivity index (χ1) is 11.1. The fourth-order valence-corrected chi connectivity index (χ4v) is 6.18. The van der Waals surface area contributed by atoms with Crippen LogP contribution in [0.4, 0.5) is 0 Å². The zero-order chi connectivity index (χ0) is 16.3. The minimum Gasteiger partial charge on any atom is -0.367 e. The van der Waals surface area contributed by atoms with Gasteiger partial charge in [-0.2, -0.15) is 0 Å². The number of ether oxygens (including phenoxy) is 1. The highest BCUT2D eigenvalue weighted by atomic mass is 28.3. The van der Waals surface area contributed by atoms with E-state index in [1.807, 2.05) is 30.3 Å². The molecule has 2 atom stereocenters. The molecule has 0 spiro atoms. The van der Waals surface area contributed by atoms with Gasteiger partial charge in [-0.3, -0.25) is 4.79 Å². The van der Waals surface area contributed by atoms with Crippen molar-refractivity contribution in [3.8, 4) is 0 Å². The van der Waals surface area contributed by atoms with Gasteiger partial charge in [0.25, 0.3) is 0 Å². The highest BCUT2D eigenvalue weighted by molar-refractivity contribution is 6.89. The van der Waals surface area contributed by atoms with Gasteiger partial charge in [0.2, 0.25) is 0 Å². The van der Waals surface area contributed by atoms with Crippen LogP contribution < -0.4 is 5.19 Å². The molecule has 0 N–H and O–H groups in total. The number of hydrogen-bond acceptors (Lipinski definition) is 2. The van der Waals surface area contributed by atoms with Gasteiger partial charge < -0.3 is 4.74 Å². The molecular formula is C20H24O2Si. The Balaban J connectivity index is 1.63. The van der Waals surface area contributed by atoms with Crippen LogP contribution in [0.25, 0.3) is 0 Å². The molecular weight excluding hydrogens is 300 g/mol. The lowest BCUT2D eigenvalue weighted by atomic mass is 10.0. The average Bonchev–Trinajstić information content (AvgIpc) is 3.03. The number of carbonyl (C=O) groups excluding carboxylic acids is 1. The lowest BCUT2D eigenvalue weighted by molar-refractivity contribution is 0.0430. The van der Waals surface area contributed by atoms with Crippen LogP contribution >= 0.6 is 0 Å². The minimum atomic E-state index is -1.52. The van der Waals surface area contributed by atoms with Crippen molar-refractivity contribution in [2.24, 2.45) is 0 Å². The van der Waals surface area contributed by atoms with Gasteiger partial charge in [-0.25, -0.2) is 0 Å². The van der Waals surface area contributed by atoms with Crippen LogP contribution in [0.1, 0.15) is 23.2 Å². The van der Waals surface area contributed by atoms with Gasteiger partial charge in [0.15, 0.2) is 5.78 Å². The third-order valence-electron chi connectivity index (χ3n) is 4.75. The van der Waals surface area contributed by atoms with E-state index < -0.39 is 8.07 Å². The summed E-state index contributed by atoms with van der Waals surface area (Å²) < 4.78 is 6.12. The molecule has 23 heavy (non-hydrogen) atoms. The molecule has 0 aliphatic carbocycles. The fraction of sp³-hybridized carbons (Fsp3) is 0.350. The molecule has 0 radical (unpaired) electrons. The molecule has 1 aliphatic heterocycles. The highest BCUT2D eigenvalue weighted by Gasteiger charge is 2.35. The van der Waals surface area contributed by atoms with E-state index in [1.54, 1.807) is 0 Å². The lowest BCUT2D eigenvalue weighted by Gasteiger charge is -2.26. The van der Waals surface area contributed by atoms with Crippen LogP contribution in [0.3, 0.4) is 0 Å². The van der Waals surface area contributed by atoms with E-state index in [-0.39, 0.29) is 18.0 Å². The summed E-state index contributed by atoms with van der Waals surface area (Å²) in [5.74, 6) is 0.132. The summed E-state index contributed by atoms with van der Waals surface area (Å²) in [6, 6.07) is 21.3. The molecule has 1 aliphatic rings. The first-order valence-corrected chi connectivity index (χ1v) is 11.6. The van der Waals surface area contributed by atoms with Crippen LogP contribution in [0.15, 0.2) is 60.7 Å². The van der Waals surface area contributed by atoms with Crippen molar-refractivity contribution in [3.05, 3.63) is 66.2 Å². The number of benzene rings is 2. The van der Waals surface area contributed by atoms with E-state index in [1.165, 1.54) is 5.19 Å². The molecule has 0 saturated carbocycles. The first-order valence-electron chi connectivity index (χ1n) is 8.36. The monoisotopic (exact) mass is 324 g/mol. The van der Waals surface area contributed by atoms with Gasteiger partial charge in [0.05, 0.1) is 14.2 Å². The van der Waals surface area contributed by atoms with Crippen molar-refractivity contribution in [1.29, 1.82) is 0 Å². The molecule has 1 fully saturated rings. The molecule has 2 nitrogen and oxygen atoms in total. The van der Waals surface area contributed by atoms with E-state index in [2.05, 4.69) is 43.4 Å². The van der Waals surface area contributed by atoms with Gasteiger partial charge in [0, 0.05) is 5.56 Å². The Kier molecular flexibility index (Phi) is 4.78. The minimum absolute atomic E-state index is 0.132. The van der Waals surface area contributed by atoms with Crippen LogP contribution in [-0.2, 0) is 4.74 Å². The predicted octanol–water partition coefficient (Wildman–Crippen LogP) is 4.03. The SMILES string of the molecule is C[Si](C)(C[C@@H]1CC[C@@H](C(=O)c2ccccc2)O1)c1ccccc1. The maximum atomic E-state index is 12.5. The second-order valence-electron chi connectivity index (χ2n) is 7.01. The second kappa shape index (κ2) is 6.81. The summed E-state index contributed by atoms with van der Waals surface area (Å²) in [6.45, 7) is 4.77. The standard InChI is InChI=1S/C20H24O2Si/c1-23(2,18-11-7-4-8-12-18)15-17-13-14-19(22-17)20(21)16-9-5-3-6-10-16/h3-12,17,19H,13-15H2,1-2H3/t17-,19-/m0/s1. The summed E-state index contributed by atoms with van der Waals surface area (Å²) >= 11 is 0. The Labute approximate surface area is 139 Å². The maximum absolute atomic E-state index is 12.5. The number of ketones is 1. The quantitative estimate of drug-likeness (QED) is 0.613. The Morgan fingerprint density at radius 1 is 1.00 bits per heavy atom. The highest BCUT2D eigenvalue weighted by Crippen LogP contribution is 2.28. The third kappa shape index (κ3) is 3.79. The van der Waals surface area contributed by atoms with Crippen molar-refractivity contribution in [3.63, 3.8) is 0 Å². The van der Waals surface area contributed by atoms with E-state index >= 15 is 0 Å². The number of Topliss-reactive ketones (excluding diaryl/α,β-unsaturated/α-hetero) is 1. The van der Waals surface area contributed by atoms with E-state index in [4.69, 9.17) is 4.74 Å². The molecule has 2 aromatic rings. The molecule has 3 heteroatoms. The molecule has 120 valence electrons. The first kappa shape index (κ1) is 16.2. The molecule has 1 saturated heterocycles. The van der Waals surface area contributed by atoms with Gasteiger partial charge in [-0.15, -0.1) is 0 Å². The summed E-state index contributed by atoms with van der Waals surface area (Å²) in [5, 5.41) is 1.46. The zero-order valence-corrected chi connectivity index (χ0v) is 14.9. The summed E-state index contributed by atoms with van der Waals surface area (Å²) in [5.41, 5.74) is 0.762. The number of carbonyl (C=O) groups is 1. The van der Waals surface area contributed by atoms with Crippen molar-refractivity contribution in [2.45, 2.75) is 44.2 Å². The van der Waals surface area contributed by atoms with Crippen LogP contribution in [0.5, 0.6) is 0 Å². The van der Waals surface area contributed by atoms with Crippen LogP contribution in [-0.4, -0.2) is 26.1 Å². The van der Waals surface area contributed by atoms with Gasteiger partial charge in [-0.1, -0.05) is 78.9 Å². The molecule has 0 unspecified atom stereocenters. The Morgan fingerprint density at radius 2 is 1.61 bits per heavy atom. The molecule has 0 amide bonds. The summed E-state index contributed by atoms with van der Waals surface area (Å²) in [6.07, 6.45) is 1.79. The fourth-order valence-electron chi connectivity index (χ4n) is 3.41. The van der Waals surface area contributed by atoms with Gasteiger partial charge in [0.1, 0.15) is 6.10 Å². The van der Waals surface area contributed by atoms with Crippen molar-refractivity contribution in [2.75, 3.05) is 0 Å². The van der Waals surface area contributed by atoms with Crippen LogP contribution in [0, 0.1) is 0 Å². The number of hydrogen-bond donors (Lipinski definition) is 0. The normalized spacial score (nSPS) is 21.3. The predicted molar refractivity (Wildman–Crippen MR) is 97.0 cm³/mol. The average molecular weight is 324 g/mol. The Morgan fingerprint density at radius 3 is 2.26 bits per heavy atom. The Bertz CT molecular complexity index is 652. The summed E-state index contributed by atoms with van der Waals surface area (Å²) in [4.78, 5) is 12.5. The van der Waals surface area contributed by atoms with Gasteiger partial charge in [-0.05, 0) is 18.9 Å². The Hall–Kier alpha value is -1.71. The smallest absolute Gasteiger partial charge is 0.191 e. The lowest BCUT2D eigenvalue weighted by Crippen LogP contribution is -2.44. The molecule has 0 aromatic heterocycles. The van der Waals surface area contributed by atoms with Crippen molar-refractivity contribution in [1.82, 2.24) is 0 Å². The largest absolute Gasteiger partial charge is 0.367 e. The molecule has 0 bridgehead atoms. The summed E-state index contributed by atoms with van der Waals surface area (Å²) in [7, 11) is -1.52. The topological polar surface area (TPSA) is 26.3 Å². The third-order valence-corrected chi connectivity index (χ3v) is 8.12. The molecule has 3 rings (SSSR count). The van der Waals surface area contributed by atoms with E-state index in [0.29, 0.717) is 0 Å². The van der Waals surface area contributed by atoms with Crippen molar-refractivity contribution < 1.29 is 9.53 Å². The van der Waals surface area contributed by atoms with E-state index in [9.17, 15) is 4.79 Å². The maximum Gasteiger partial charge on any atom is 0.191 e.